The molecule has 4 nitrogen and oxygen atoms in total. The Morgan fingerprint density at radius 2 is 1.20 bits per heavy atom. The quantitative estimate of drug-likeness (QED) is 0.401. The summed E-state index contributed by atoms with van der Waals surface area (Å²) in [7, 11) is 0. The summed E-state index contributed by atoms with van der Waals surface area (Å²) in [5, 5.41) is 3.66. The minimum absolute atomic E-state index is 1.06. The van der Waals surface area contributed by atoms with Gasteiger partial charge in [-0.3, -0.25) is 0 Å². The molecule has 0 saturated heterocycles. The number of nitrogens with zero attached hydrogens (tertiary/aromatic N) is 2. The van der Waals surface area contributed by atoms with Gasteiger partial charge in [0.1, 0.15) is 5.38 Å². The molecule has 0 aliphatic rings. The van der Waals surface area contributed by atoms with Crippen LogP contribution in [0.4, 0.5) is 0 Å². The summed E-state index contributed by atoms with van der Waals surface area (Å²) < 4.78 is 0. The highest BCUT2D eigenvalue weighted by molar-refractivity contribution is 6.34. The van der Waals surface area contributed by atoms with Crippen molar-refractivity contribution in [3.05, 3.63) is 9.81 Å². The van der Waals surface area contributed by atoms with Crippen LogP contribution in [0.3, 0.4) is 0 Å². The van der Waals surface area contributed by atoms with Crippen LogP contribution in [-0.2, 0) is 0 Å². The van der Waals surface area contributed by atoms with Gasteiger partial charge in [0, 0.05) is 0 Å². The maximum atomic E-state index is 9.70. The van der Waals surface area contributed by atoms with Crippen molar-refractivity contribution in [2.24, 2.45) is 10.4 Å². The third-order valence-electron chi connectivity index (χ3n) is 0.727. The first-order chi connectivity index (χ1) is 4.63. The number of alkyl halides is 3. The predicted octanol–water partition coefficient (Wildman–Crippen LogP) is 2.26. The minimum Gasteiger partial charge on any atom is -0.149 e. The molecule has 7 heteroatoms. The van der Waals surface area contributed by atoms with E-state index in [4.69, 9.17) is 34.8 Å². The zero-order valence-corrected chi connectivity index (χ0v) is 6.84. The smallest absolute Gasteiger partial charge is 0.149 e. The second-order valence-corrected chi connectivity index (χ2v) is 2.80. The van der Waals surface area contributed by atoms with Crippen molar-refractivity contribution >= 4 is 34.8 Å². The van der Waals surface area contributed by atoms with E-state index in [1.54, 1.807) is 0 Å². The van der Waals surface area contributed by atoms with Gasteiger partial charge in [-0.1, -0.05) is 23.2 Å². The molecule has 10 heavy (non-hydrogen) atoms. The molecule has 0 heterocycles. The number of halogens is 3. The third-order valence-corrected chi connectivity index (χ3v) is 2.16. The van der Waals surface area contributed by atoms with Crippen LogP contribution in [0.25, 0.3) is 0 Å². The molecule has 0 aromatic carbocycles. The van der Waals surface area contributed by atoms with E-state index in [0.717, 1.165) is 0 Å². The number of nitroso groups, excluding NO2 is 2. The Labute approximate surface area is 71.8 Å². The Morgan fingerprint density at radius 1 is 0.900 bits per heavy atom. The van der Waals surface area contributed by atoms with Crippen LogP contribution in [0.2, 0.25) is 0 Å². The van der Waals surface area contributed by atoms with Gasteiger partial charge < -0.3 is 0 Å². The van der Waals surface area contributed by atoms with Crippen molar-refractivity contribution in [3.8, 4) is 0 Å². The van der Waals surface area contributed by atoms with Crippen LogP contribution in [0, 0.1) is 9.81 Å². The molecule has 2 unspecified atom stereocenters. The molecule has 0 aliphatic carbocycles. The number of rotatable bonds is 4. The monoisotopic (exact) mass is 204 g/mol. The van der Waals surface area contributed by atoms with E-state index in [1.807, 2.05) is 0 Å². The van der Waals surface area contributed by atoms with Crippen molar-refractivity contribution in [1.82, 2.24) is 0 Å². The molecule has 0 spiro atoms. The van der Waals surface area contributed by atoms with Crippen LogP contribution >= 0.6 is 34.8 Å². The molecule has 0 aromatic rings. The fourth-order valence-electron chi connectivity index (χ4n) is 0.247. The summed E-state index contributed by atoms with van der Waals surface area (Å²) in [5.41, 5.74) is -2.44. The Bertz CT molecular complexity index is 119. The second kappa shape index (κ2) is 4.82. The zero-order chi connectivity index (χ0) is 8.15. The molecule has 0 amide bonds. The van der Waals surface area contributed by atoms with Gasteiger partial charge in [-0.15, -0.1) is 21.4 Å². The first kappa shape index (κ1) is 10.1. The SMILES string of the molecule is O=NC(Cl)C(Cl)C(Cl)N=O. The average molecular weight is 205 g/mol. The Morgan fingerprint density at radius 3 is 1.40 bits per heavy atom. The van der Waals surface area contributed by atoms with Gasteiger partial charge in [0.05, 0.1) is 0 Å². The molecule has 2 atom stereocenters. The number of hydrogen-bond donors (Lipinski definition) is 0. The van der Waals surface area contributed by atoms with Gasteiger partial charge >= 0.3 is 0 Å². The Balaban J connectivity index is 3.91. The van der Waals surface area contributed by atoms with Crippen molar-refractivity contribution in [1.29, 1.82) is 0 Å². The van der Waals surface area contributed by atoms with Gasteiger partial charge in [0.15, 0.2) is 11.0 Å². The topological polar surface area (TPSA) is 58.9 Å². The molecule has 0 aliphatic heterocycles. The second-order valence-electron chi connectivity index (χ2n) is 1.40. The standard InChI is InChI=1S/C3H3Cl3N2O2/c4-1(2(5)7-9)3(6)8-10/h1-3H. The Hall–Kier alpha value is 0.0700. The first-order valence-electron chi connectivity index (χ1n) is 2.20. The normalized spacial score (nSPS) is 19.1. The maximum Gasteiger partial charge on any atom is 0.185 e. The van der Waals surface area contributed by atoms with Crippen LogP contribution in [0.5, 0.6) is 0 Å². The van der Waals surface area contributed by atoms with Crippen LogP contribution in [-0.4, -0.2) is 16.4 Å². The summed E-state index contributed by atoms with van der Waals surface area (Å²) >= 11 is 15.7. The molecule has 0 bridgehead atoms. The highest BCUT2D eigenvalue weighted by Crippen LogP contribution is 2.19. The molecular formula is C3H3Cl3N2O2. The predicted molar refractivity (Wildman–Crippen MR) is 40.5 cm³/mol. The van der Waals surface area contributed by atoms with E-state index >= 15 is 0 Å². The van der Waals surface area contributed by atoms with Gasteiger partial charge in [-0.2, -0.15) is 0 Å². The molecule has 58 valence electrons. The summed E-state index contributed by atoms with van der Waals surface area (Å²) in [6.07, 6.45) is 0. The van der Waals surface area contributed by atoms with Crippen LogP contribution in [0.1, 0.15) is 0 Å². The fourth-order valence-corrected chi connectivity index (χ4v) is 0.689. The summed E-state index contributed by atoms with van der Waals surface area (Å²) in [6, 6.07) is 0. The lowest BCUT2D eigenvalue weighted by Gasteiger charge is -2.07. The average Bonchev–Trinajstić information content (AvgIpc) is 2.00. The first-order valence-corrected chi connectivity index (χ1v) is 3.51. The van der Waals surface area contributed by atoms with Gasteiger partial charge in [-0.25, -0.2) is 0 Å². The van der Waals surface area contributed by atoms with Crippen molar-refractivity contribution in [2.45, 2.75) is 16.4 Å². The van der Waals surface area contributed by atoms with E-state index < -0.39 is 16.4 Å². The van der Waals surface area contributed by atoms with E-state index in [-0.39, 0.29) is 0 Å². The molecular weight excluding hydrogens is 202 g/mol. The number of hydrogen-bond acceptors (Lipinski definition) is 4. The summed E-state index contributed by atoms with van der Waals surface area (Å²) in [5.74, 6) is 0. The molecule has 0 radical (unpaired) electrons. The van der Waals surface area contributed by atoms with Gasteiger partial charge in [0.25, 0.3) is 0 Å². The van der Waals surface area contributed by atoms with Crippen LogP contribution < -0.4 is 0 Å². The Kier molecular flexibility index (Phi) is 4.85. The van der Waals surface area contributed by atoms with Gasteiger partial charge in [0.2, 0.25) is 0 Å². The van der Waals surface area contributed by atoms with Crippen molar-refractivity contribution in [2.75, 3.05) is 0 Å². The summed E-state index contributed by atoms with van der Waals surface area (Å²) in [6.45, 7) is 0. The van der Waals surface area contributed by atoms with Crippen molar-refractivity contribution in [3.63, 3.8) is 0 Å². The van der Waals surface area contributed by atoms with E-state index in [1.165, 1.54) is 0 Å². The lowest BCUT2D eigenvalue weighted by molar-refractivity contribution is 0.747. The van der Waals surface area contributed by atoms with Gasteiger partial charge in [-0.05, 0) is 10.4 Å². The lowest BCUT2D eigenvalue weighted by Crippen LogP contribution is -2.21. The zero-order valence-electron chi connectivity index (χ0n) is 4.58. The van der Waals surface area contributed by atoms with E-state index in [9.17, 15) is 9.81 Å². The molecule has 0 aromatic heterocycles. The minimum atomic E-state index is -1.22. The van der Waals surface area contributed by atoms with E-state index in [0.29, 0.717) is 0 Å². The maximum absolute atomic E-state index is 9.70. The van der Waals surface area contributed by atoms with Crippen LogP contribution in [0.15, 0.2) is 10.4 Å². The molecule has 0 N–H and O–H groups in total. The highest BCUT2D eigenvalue weighted by Gasteiger charge is 2.26. The molecule has 0 saturated carbocycles. The van der Waals surface area contributed by atoms with E-state index in [2.05, 4.69) is 10.4 Å². The largest absolute Gasteiger partial charge is 0.185 e. The lowest BCUT2D eigenvalue weighted by atomic mass is 10.4. The van der Waals surface area contributed by atoms with Crippen molar-refractivity contribution < 1.29 is 0 Å². The molecule has 0 fully saturated rings. The summed E-state index contributed by atoms with van der Waals surface area (Å²) in [4.78, 5) is 19.4. The highest BCUT2D eigenvalue weighted by atomic mass is 35.5. The third kappa shape index (κ3) is 2.77. The fraction of sp³-hybridized carbons (Fsp3) is 1.00. The molecule has 0 rings (SSSR count).